The predicted octanol–water partition coefficient (Wildman–Crippen LogP) is 2.27. The number of hydrogen-bond acceptors (Lipinski definition) is 3. The van der Waals surface area contributed by atoms with Crippen molar-refractivity contribution < 1.29 is 0 Å². The first-order chi connectivity index (χ1) is 6.68. The molecule has 2 rings (SSSR count). The van der Waals surface area contributed by atoms with E-state index in [0.717, 1.165) is 0 Å². The van der Waals surface area contributed by atoms with Crippen LogP contribution >= 0.6 is 27.5 Å². The molecule has 4 nitrogen and oxygen atoms in total. The Morgan fingerprint density at radius 2 is 2.00 bits per heavy atom. The molecule has 2 N–H and O–H groups in total. The summed E-state index contributed by atoms with van der Waals surface area (Å²) in [4.78, 5) is 1.39. The average molecular weight is 274 g/mol. The van der Waals surface area contributed by atoms with E-state index in [1.165, 1.54) is 4.80 Å². The minimum Gasteiger partial charge on any atom is -0.380 e. The number of nitrogen functional groups attached to an aromatic ring is 1. The highest BCUT2D eigenvalue weighted by atomic mass is 79.9. The van der Waals surface area contributed by atoms with Gasteiger partial charge in [0.15, 0.2) is 10.4 Å². The highest BCUT2D eigenvalue weighted by Crippen LogP contribution is 2.21. The number of para-hydroxylation sites is 1. The summed E-state index contributed by atoms with van der Waals surface area (Å²) in [7, 11) is 0. The molecule has 1 aromatic carbocycles. The number of nitrogens with zero attached hydrogens (tertiary/aromatic N) is 3. The maximum absolute atomic E-state index is 5.96. The first kappa shape index (κ1) is 9.48. The molecular formula is C8H6BrClN4. The Morgan fingerprint density at radius 3 is 2.57 bits per heavy atom. The monoisotopic (exact) mass is 272 g/mol. The van der Waals surface area contributed by atoms with Crippen molar-refractivity contribution in [1.29, 1.82) is 0 Å². The molecule has 0 amide bonds. The summed E-state index contributed by atoms with van der Waals surface area (Å²) in [6, 6.07) is 7.28. The van der Waals surface area contributed by atoms with Gasteiger partial charge in [-0.25, -0.2) is 0 Å². The third kappa shape index (κ3) is 1.60. The van der Waals surface area contributed by atoms with Crippen LogP contribution in [0.1, 0.15) is 0 Å². The average Bonchev–Trinajstić information content (AvgIpc) is 2.48. The van der Waals surface area contributed by atoms with Gasteiger partial charge < -0.3 is 5.73 Å². The topological polar surface area (TPSA) is 56.7 Å². The summed E-state index contributed by atoms with van der Waals surface area (Å²) in [6.45, 7) is 0. The van der Waals surface area contributed by atoms with Gasteiger partial charge in [-0.3, -0.25) is 0 Å². The molecule has 0 bridgehead atoms. The Hall–Kier alpha value is -1.07. The van der Waals surface area contributed by atoms with E-state index in [0.29, 0.717) is 21.1 Å². The quantitative estimate of drug-likeness (QED) is 0.867. The van der Waals surface area contributed by atoms with Crippen LogP contribution in [-0.2, 0) is 0 Å². The van der Waals surface area contributed by atoms with Gasteiger partial charge in [-0.2, -0.15) is 0 Å². The summed E-state index contributed by atoms with van der Waals surface area (Å²) in [5.41, 5.74) is 6.24. The van der Waals surface area contributed by atoms with Crippen molar-refractivity contribution in [3.8, 4) is 5.69 Å². The standard InChI is InChI=1S/C8H6BrClN4/c9-7-8(11)13-14(12-7)6-4-2-1-3-5(6)10/h1-4H,(H2,11,13). The molecule has 0 aliphatic carbocycles. The maximum atomic E-state index is 5.96. The van der Waals surface area contributed by atoms with Gasteiger partial charge in [-0.15, -0.1) is 15.0 Å². The smallest absolute Gasteiger partial charge is 0.181 e. The van der Waals surface area contributed by atoms with E-state index < -0.39 is 0 Å². The lowest BCUT2D eigenvalue weighted by Gasteiger charge is -2.00. The third-order valence-corrected chi connectivity index (χ3v) is 2.55. The van der Waals surface area contributed by atoms with Gasteiger partial charge in [-0.1, -0.05) is 23.7 Å². The third-order valence-electron chi connectivity index (χ3n) is 1.66. The van der Waals surface area contributed by atoms with Gasteiger partial charge in [0.05, 0.1) is 5.02 Å². The van der Waals surface area contributed by atoms with Gasteiger partial charge in [0.2, 0.25) is 0 Å². The highest BCUT2D eigenvalue weighted by molar-refractivity contribution is 9.10. The number of hydrogen-bond donors (Lipinski definition) is 1. The van der Waals surface area contributed by atoms with E-state index in [-0.39, 0.29) is 0 Å². The molecule has 72 valence electrons. The number of aromatic nitrogens is 3. The van der Waals surface area contributed by atoms with E-state index >= 15 is 0 Å². The SMILES string of the molecule is Nc1nn(-c2ccccc2Cl)nc1Br. The first-order valence-electron chi connectivity index (χ1n) is 3.81. The second-order valence-corrected chi connectivity index (χ2v) is 3.78. The van der Waals surface area contributed by atoms with Gasteiger partial charge in [0.25, 0.3) is 0 Å². The second kappa shape index (κ2) is 3.59. The van der Waals surface area contributed by atoms with Gasteiger partial charge in [0.1, 0.15) is 5.69 Å². The molecule has 0 unspecified atom stereocenters. The van der Waals surface area contributed by atoms with Crippen molar-refractivity contribution >= 4 is 33.3 Å². The van der Waals surface area contributed by atoms with Crippen molar-refractivity contribution in [2.45, 2.75) is 0 Å². The fraction of sp³-hybridized carbons (Fsp3) is 0. The number of nitrogens with two attached hydrogens (primary N) is 1. The molecule has 0 atom stereocenters. The van der Waals surface area contributed by atoms with Crippen LogP contribution in [0.2, 0.25) is 5.02 Å². The van der Waals surface area contributed by atoms with Gasteiger partial charge in [-0.05, 0) is 28.1 Å². The van der Waals surface area contributed by atoms with E-state index in [1.807, 2.05) is 18.2 Å². The summed E-state index contributed by atoms with van der Waals surface area (Å²) in [6.07, 6.45) is 0. The highest BCUT2D eigenvalue weighted by Gasteiger charge is 2.08. The first-order valence-corrected chi connectivity index (χ1v) is 4.99. The Bertz CT molecular complexity index is 449. The second-order valence-electron chi connectivity index (χ2n) is 2.62. The van der Waals surface area contributed by atoms with Crippen LogP contribution in [0, 0.1) is 0 Å². The Balaban J connectivity index is 2.55. The predicted molar refractivity (Wildman–Crippen MR) is 58.5 cm³/mol. The number of benzene rings is 1. The molecule has 0 saturated carbocycles. The number of halogens is 2. The van der Waals surface area contributed by atoms with Gasteiger partial charge in [0, 0.05) is 0 Å². The molecule has 6 heteroatoms. The maximum Gasteiger partial charge on any atom is 0.181 e. The van der Waals surface area contributed by atoms with E-state index in [4.69, 9.17) is 17.3 Å². The zero-order valence-corrected chi connectivity index (χ0v) is 9.33. The van der Waals surface area contributed by atoms with Crippen LogP contribution in [0.25, 0.3) is 5.69 Å². The lowest BCUT2D eigenvalue weighted by molar-refractivity contribution is 0.750. The Morgan fingerprint density at radius 1 is 1.29 bits per heavy atom. The molecule has 1 aromatic heterocycles. The van der Waals surface area contributed by atoms with Gasteiger partial charge >= 0.3 is 0 Å². The number of anilines is 1. The minimum atomic E-state index is 0.338. The zero-order valence-electron chi connectivity index (χ0n) is 6.98. The summed E-state index contributed by atoms with van der Waals surface area (Å²) in [5.74, 6) is 0.338. The molecule has 0 radical (unpaired) electrons. The summed E-state index contributed by atoms with van der Waals surface area (Å²) >= 11 is 9.14. The minimum absolute atomic E-state index is 0.338. The van der Waals surface area contributed by atoms with Crippen molar-refractivity contribution in [1.82, 2.24) is 15.0 Å². The molecule has 14 heavy (non-hydrogen) atoms. The molecule has 0 aliphatic rings. The normalized spacial score (nSPS) is 10.4. The molecule has 1 heterocycles. The largest absolute Gasteiger partial charge is 0.380 e. The fourth-order valence-electron chi connectivity index (χ4n) is 1.02. The Labute approximate surface area is 93.8 Å². The summed E-state index contributed by atoms with van der Waals surface area (Å²) in [5, 5.41) is 8.63. The van der Waals surface area contributed by atoms with E-state index in [2.05, 4.69) is 26.1 Å². The van der Waals surface area contributed by atoms with Crippen LogP contribution in [0.15, 0.2) is 28.9 Å². The molecular weight excluding hydrogens is 267 g/mol. The lowest BCUT2D eigenvalue weighted by Crippen LogP contribution is -1.99. The van der Waals surface area contributed by atoms with Crippen LogP contribution in [0.4, 0.5) is 5.82 Å². The molecule has 0 aliphatic heterocycles. The summed E-state index contributed by atoms with van der Waals surface area (Å²) < 4.78 is 0.511. The lowest BCUT2D eigenvalue weighted by atomic mass is 10.3. The molecule has 0 spiro atoms. The van der Waals surface area contributed by atoms with Crippen LogP contribution < -0.4 is 5.73 Å². The molecule has 2 aromatic rings. The van der Waals surface area contributed by atoms with Crippen molar-refractivity contribution in [3.63, 3.8) is 0 Å². The van der Waals surface area contributed by atoms with Crippen LogP contribution in [0.3, 0.4) is 0 Å². The zero-order chi connectivity index (χ0) is 10.1. The van der Waals surface area contributed by atoms with Crippen molar-refractivity contribution in [2.75, 3.05) is 5.73 Å². The van der Waals surface area contributed by atoms with E-state index in [1.54, 1.807) is 6.07 Å². The van der Waals surface area contributed by atoms with Crippen molar-refractivity contribution in [2.24, 2.45) is 0 Å². The fourth-order valence-corrected chi connectivity index (χ4v) is 1.46. The van der Waals surface area contributed by atoms with Crippen molar-refractivity contribution in [3.05, 3.63) is 33.9 Å². The Kier molecular flexibility index (Phi) is 2.43. The molecule has 0 fully saturated rings. The van der Waals surface area contributed by atoms with E-state index in [9.17, 15) is 0 Å². The van der Waals surface area contributed by atoms with Crippen LogP contribution in [-0.4, -0.2) is 15.0 Å². The van der Waals surface area contributed by atoms with Crippen LogP contribution in [0.5, 0.6) is 0 Å². The number of rotatable bonds is 1. The molecule has 0 saturated heterocycles.